The van der Waals surface area contributed by atoms with Crippen molar-refractivity contribution in [3.05, 3.63) is 134 Å². The number of anilines is 1. The van der Waals surface area contributed by atoms with E-state index in [1.807, 2.05) is 0 Å². The fourth-order valence-electron chi connectivity index (χ4n) is 9.03. The molecular formula is C44H32ClF9N8O4S. The summed E-state index contributed by atoms with van der Waals surface area (Å²) in [6.07, 6.45) is -6.44. The summed E-state index contributed by atoms with van der Waals surface area (Å²) in [5, 5.41) is 9.00. The van der Waals surface area contributed by atoms with Crippen LogP contribution in [0.25, 0.3) is 38.6 Å². The van der Waals surface area contributed by atoms with E-state index in [-0.39, 0.29) is 61.2 Å². The molecule has 3 atom stereocenters. The Labute approximate surface area is 377 Å². The number of fused-ring (bicyclic) bond motifs is 5. The number of halogens is 10. The molecule has 0 bridgehead atoms. The highest BCUT2D eigenvalue weighted by Crippen LogP contribution is 2.68. The van der Waals surface area contributed by atoms with E-state index >= 15 is 18.0 Å². The van der Waals surface area contributed by atoms with E-state index in [1.54, 1.807) is 6.07 Å². The molecule has 12 nitrogen and oxygen atoms in total. The van der Waals surface area contributed by atoms with Crippen molar-refractivity contribution in [2.24, 2.45) is 5.92 Å². The normalized spacial score (nSPS) is 17.9. The van der Waals surface area contributed by atoms with Gasteiger partial charge in [-0.2, -0.15) is 19.0 Å². The SMILES string of the molecule is O=C(Cn1nc(C(F)F)c2c1C(F)(F)[C@@H]1C[C@H]21)N[C@@H](Cc1cc(F)cc(F)c1)c1nc2cc(-c3ccccc3F)ccc2c(=O)n1-c1ccc(Cl)c2c(NS(=O)(=O)C3CC3)nn(CC(F)F)c12. The standard InChI is InChI=1S/C44H32ClF9N8O4S/c45-28-9-10-32(38-36(28)41(58-60(38)17-33(49)50)59-67(65,66)23-6-7-23)62-42(56-30-14-20(5-8-25(30)43(62)64)24-3-1-2-4-29(24)48)31(13-19-11-21(46)15-22(47)12-19)55-34(63)18-61-39-35(37(57-61)40(51)52)26-16-27(26)44(39,53)54/h1-5,8-12,14-15,23,26-27,31,33,40H,6-7,13,16-18H2,(H,55,63)(H,58,59)/t26-,27+,31-/m0/s1. The van der Waals surface area contributed by atoms with Crippen LogP contribution in [0.4, 0.5) is 45.3 Å². The van der Waals surface area contributed by atoms with Crippen molar-refractivity contribution in [3.8, 4) is 16.8 Å². The van der Waals surface area contributed by atoms with Gasteiger partial charge in [0.15, 0.2) is 5.82 Å². The Morgan fingerprint density at radius 3 is 2.34 bits per heavy atom. The molecule has 348 valence electrons. The lowest BCUT2D eigenvalue weighted by atomic mass is 10.0. The quantitative estimate of drug-likeness (QED) is 0.104. The average Bonchev–Trinajstić information content (AvgIpc) is 4.18. The molecular weight excluding hydrogens is 943 g/mol. The number of aromatic nitrogens is 6. The minimum Gasteiger partial charge on any atom is -0.344 e. The van der Waals surface area contributed by atoms with Gasteiger partial charge in [-0.15, -0.1) is 0 Å². The molecule has 2 N–H and O–H groups in total. The first kappa shape index (κ1) is 44.4. The molecule has 3 heterocycles. The molecule has 3 aromatic heterocycles. The number of nitrogens with zero attached hydrogens (tertiary/aromatic N) is 6. The van der Waals surface area contributed by atoms with Crippen molar-refractivity contribution in [1.82, 2.24) is 34.4 Å². The zero-order valence-corrected chi connectivity index (χ0v) is 35.7. The van der Waals surface area contributed by atoms with E-state index in [2.05, 4.69) is 20.2 Å². The first-order valence-electron chi connectivity index (χ1n) is 20.6. The van der Waals surface area contributed by atoms with Gasteiger partial charge in [-0.05, 0) is 78.8 Å². The Morgan fingerprint density at radius 1 is 0.925 bits per heavy atom. The van der Waals surface area contributed by atoms with Crippen LogP contribution in [0.15, 0.2) is 77.6 Å². The van der Waals surface area contributed by atoms with Gasteiger partial charge in [-0.25, -0.2) is 44.1 Å². The third-order valence-electron chi connectivity index (χ3n) is 12.1. The molecule has 0 spiro atoms. The molecule has 3 aliphatic carbocycles. The summed E-state index contributed by atoms with van der Waals surface area (Å²) in [5.74, 6) is -10.7. The molecule has 4 aromatic carbocycles. The highest BCUT2D eigenvalue weighted by molar-refractivity contribution is 7.93. The monoisotopic (exact) mass is 974 g/mol. The summed E-state index contributed by atoms with van der Waals surface area (Å²) in [7, 11) is -4.11. The van der Waals surface area contributed by atoms with Crippen LogP contribution in [0.2, 0.25) is 5.02 Å². The molecule has 0 aliphatic heterocycles. The van der Waals surface area contributed by atoms with Crippen molar-refractivity contribution >= 4 is 55.2 Å². The van der Waals surface area contributed by atoms with Crippen molar-refractivity contribution in [3.63, 3.8) is 0 Å². The Kier molecular flexibility index (Phi) is 10.7. The number of hydrogen-bond acceptors (Lipinski definition) is 7. The number of benzene rings is 4. The van der Waals surface area contributed by atoms with Gasteiger partial charge >= 0.3 is 0 Å². The molecule has 2 saturated carbocycles. The van der Waals surface area contributed by atoms with E-state index < -0.39 is 123 Å². The van der Waals surface area contributed by atoms with E-state index in [1.165, 1.54) is 48.5 Å². The lowest BCUT2D eigenvalue weighted by molar-refractivity contribution is -0.123. The molecule has 0 unspecified atom stereocenters. The van der Waals surface area contributed by atoms with Crippen LogP contribution in [0, 0.1) is 23.4 Å². The second kappa shape index (κ2) is 16.1. The Morgan fingerprint density at radius 2 is 1.66 bits per heavy atom. The molecule has 1 amide bonds. The molecule has 67 heavy (non-hydrogen) atoms. The van der Waals surface area contributed by atoms with Gasteiger partial charge in [0.1, 0.15) is 47.8 Å². The third kappa shape index (κ3) is 7.86. The van der Waals surface area contributed by atoms with Gasteiger partial charge in [-0.1, -0.05) is 35.9 Å². The number of carbonyl (C=O) groups is 1. The predicted molar refractivity (Wildman–Crippen MR) is 225 cm³/mol. The number of carbonyl (C=O) groups excluding carboxylic acids is 1. The number of hydrogen-bond donors (Lipinski definition) is 2. The molecule has 10 rings (SSSR count). The van der Waals surface area contributed by atoms with Crippen molar-refractivity contribution in [2.45, 2.75) is 74.8 Å². The topological polar surface area (TPSA) is 146 Å². The lowest BCUT2D eigenvalue weighted by Gasteiger charge is -2.24. The summed E-state index contributed by atoms with van der Waals surface area (Å²) in [6.45, 7) is -2.26. The van der Waals surface area contributed by atoms with Crippen molar-refractivity contribution < 1.29 is 52.7 Å². The number of nitrogens with one attached hydrogen (secondary N) is 2. The largest absolute Gasteiger partial charge is 0.344 e. The molecule has 7 aromatic rings. The Balaban J connectivity index is 1.20. The summed E-state index contributed by atoms with van der Waals surface area (Å²) in [4.78, 5) is 34.1. The first-order chi connectivity index (χ1) is 31.8. The van der Waals surface area contributed by atoms with Crippen LogP contribution in [0.5, 0.6) is 0 Å². The average molecular weight is 975 g/mol. The van der Waals surface area contributed by atoms with Crippen LogP contribution in [0.1, 0.15) is 66.0 Å². The Hall–Kier alpha value is -6.42. The number of amides is 1. The molecule has 3 aliphatic rings. The zero-order valence-electron chi connectivity index (χ0n) is 34.1. The second-order valence-electron chi connectivity index (χ2n) is 16.7. The maximum Gasteiger partial charge on any atom is 0.293 e. The minimum absolute atomic E-state index is 0.0598. The van der Waals surface area contributed by atoms with Crippen LogP contribution in [-0.4, -0.2) is 55.1 Å². The van der Waals surface area contributed by atoms with Crippen LogP contribution in [-0.2, 0) is 40.3 Å². The van der Waals surface area contributed by atoms with Crippen LogP contribution in [0.3, 0.4) is 0 Å². The smallest absolute Gasteiger partial charge is 0.293 e. The third-order valence-corrected chi connectivity index (χ3v) is 14.3. The minimum atomic E-state index is -4.11. The van der Waals surface area contributed by atoms with Gasteiger partial charge < -0.3 is 5.32 Å². The summed E-state index contributed by atoms with van der Waals surface area (Å²) >= 11 is 6.65. The highest BCUT2D eigenvalue weighted by atomic mass is 35.5. The molecule has 0 radical (unpaired) electrons. The fraction of sp³-hybridized carbons (Fsp3) is 0.295. The second-order valence-corrected chi connectivity index (χ2v) is 19.0. The number of rotatable bonds is 14. The van der Waals surface area contributed by atoms with E-state index in [0.29, 0.717) is 28.3 Å². The molecule has 2 fully saturated rings. The Bertz CT molecular complexity index is 3360. The van der Waals surface area contributed by atoms with Gasteiger partial charge in [0.2, 0.25) is 15.9 Å². The maximum absolute atomic E-state index is 15.6. The molecule has 0 saturated heterocycles. The maximum atomic E-state index is 15.6. The lowest BCUT2D eigenvalue weighted by Crippen LogP contribution is -2.38. The molecule has 23 heteroatoms. The predicted octanol–water partition coefficient (Wildman–Crippen LogP) is 9.09. The summed E-state index contributed by atoms with van der Waals surface area (Å²) in [5.41, 5.74) is -3.75. The van der Waals surface area contributed by atoms with Crippen LogP contribution >= 0.6 is 11.6 Å². The summed E-state index contributed by atoms with van der Waals surface area (Å²) in [6, 6.07) is 12.7. The number of sulfonamides is 1. The highest BCUT2D eigenvalue weighted by Gasteiger charge is 2.67. The summed E-state index contributed by atoms with van der Waals surface area (Å²) < 4.78 is 164. The van der Waals surface area contributed by atoms with E-state index in [0.717, 1.165) is 16.7 Å². The van der Waals surface area contributed by atoms with E-state index in [9.17, 15) is 39.6 Å². The van der Waals surface area contributed by atoms with Gasteiger partial charge in [0, 0.05) is 29.5 Å². The van der Waals surface area contributed by atoms with Gasteiger partial charge in [0.25, 0.3) is 24.3 Å². The van der Waals surface area contributed by atoms with Crippen molar-refractivity contribution in [1.29, 1.82) is 0 Å². The van der Waals surface area contributed by atoms with Crippen molar-refractivity contribution in [2.75, 3.05) is 4.72 Å². The zero-order chi connectivity index (χ0) is 47.4. The van der Waals surface area contributed by atoms with Crippen LogP contribution < -0.4 is 15.6 Å². The van der Waals surface area contributed by atoms with Gasteiger partial charge in [-0.3, -0.25) is 28.2 Å². The van der Waals surface area contributed by atoms with Gasteiger partial charge in [0.05, 0.1) is 43.8 Å². The first-order valence-corrected chi connectivity index (χ1v) is 22.5. The van der Waals surface area contributed by atoms with E-state index in [4.69, 9.17) is 16.6 Å². The number of alkyl halides is 6. The fourth-order valence-corrected chi connectivity index (χ4v) is 10.6.